The predicted molar refractivity (Wildman–Crippen MR) is 95.0 cm³/mol. The van der Waals surface area contributed by atoms with Gasteiger partial charge in [0.05, 0.1) is 4.88 Å². The smallest absolute Gasteiger partial charge is 0.266 e. The van der Waals surface area contributed by atoms with Gasteiger partial charge in [-0.3, -0.25) is 4.79 Å². The summed E-state index contributed by atoms with van der Waals surface area (Å²) < 4.78 is 1.18. The van der Waals surface area contributed by atoms with Crippen molar-refractivity contribution in [2.45, 2.75) is 26.7 Å². The Morgan fingerprint density at radius 2 is 1.82 bits per heavy atom. The number of carbonyl (C=O) groups is 1. The molecule has 1 heterocycles. The number of hydrogen-bond donors (Lipinski definition) is 1. The summed E-state index contributed by atoms with van der Waals surface area (Å²) in [5, 5.41) is 4.27. The normalized spacial score (nSPS) is 10.8. The number of aryl methyl sites for hydroxylation is 2. The van der Waals surface area contributed by atoms with Crippen LogP contribution in [-0.2, 0) is 6.42 Å². The molecule has 1 N–H and O–H groups in total. The molecule has 0 aliphatic carbocycles. The second kappa shape index (κ2) is 6.32. The van der Waals surface area contributed by atoms with E-state index in [-0.39, 0.29) is 5.91 Å². The average molecular weight is 309 g/mol. The van der Waals surface area contributed by atoms with E-state index in [0.29, 0.717) is 0 Å². The van der Waals surface area contributed by atoms with Crippen LogP contribution < -0.4 is 5.32 Å². The van der Waals surface area contributed by atoms with Gasteiger partial charge in [-0.15, -0.1) is 11.3 Å². The van der Waals surface area contributed by atoms with E-state index in [1.54, 1.807) is 11.3 Å². The molecule has 3 heteroatoms. The number of rotatable bonds is 4. The minimum atomic E-state index is -0.000972. The number of amides is 1. The topological polar surface area (TPSA) is 29.1 Å². The van der Waals surface area contributed by atoms with E-state index in [1.807, 2.05) is 43.3 Å². The maximum atomic E-state index is 12.7. The first kappa shape index (κ1) is 14.8. The van der Waals surface area contributed by atoms with Crippen LogP contribution in [0.2, 0.25) is 0 Å². The number of anilines is 1. The zero-order chi connectivity index (χ0) is 15.5. The molecule has 22 heavy (non-hydrogen) atoms. The standard InChI is InChI=1S/C19H19NOS/c1-3-8-15-14-10-5-7-12-17(14)22-18(15)19(21)20-16-11-6-4-9-13(16)2/h4-7,9-12H,3,8H2,1-2H3,(H,20,21). The lowest BCUT2D eigenvalue weighted by atomic mass is 10.1. The summed E-state index contributed by atoms with van der Waals surface area (Å²) in [5.41, 5.74) is 3.13. The van der Waals surface area contributed by atoms with E-state index >= 15 is 0 Å². The molecule has 3 rings (SSSR count). The van der Waals surface area contributed by atoms with Crippen molar-refractivity contribution in [3.8, 4) is 0 Å². The molecule has 2 nitrogen and oxygen atoms in total. The highest BCUT2D eigenvalue weighted by atomic mass is 32.1. The molecule has 0 atom stereocenters. The SMILES string of the molecule is CCCc1c(C(=O)Nc2ccccc2C)sc2ccccc12. The molecular formula is C19H19NOS. The first-order chi connectivity index (χ1) is 10.7. The Hall–Kier alpha value is -2.13. The summed E-state index contributed by atoms with van der Waals surface area (Å²) in [5.74, 6) is -0.000972. The molecule has 1 aromatic heterocycles. The van der Waals surface area contributed by atoms with Gasteiger partial charge in [0.1, 0.15) is 0 Å². The molecule has 0 spiro atoms. The molecule has 0 aliphatic rings. The highest BCUT2D eigenvalue weighted by Gasteiger charge is 2.18. The van der Waals surface area contributed by atoms with Crippen LogP contribution in [0.4, 0.5) is 5.69 Å². The van der Waals surface area contributed by atoms with Crippen LogP contribution in [0.5, 0.6) is 0 Å². The van der Waals surface area contributed by atoms with E-state index in [1.165, 1.54) is 15.6 Å². The fourth-order valence-corrected chi connectivity index (χ4v) is 3.82. The number of benzene rings is 2. The van der Waals surface area contributed by atoms with Crippen molar-refractivity contribution in [3.63, 3.8) is 0 Å². The number of hydrogen-bond acceptors (Lipinski definition) is 2. The van der Waals surface area contributed by atoms with Gasteiger partial charge in [0.2, 0.25) is 0 Å². The second-order valence-electron chi connectivity index (χ2n) is 5.42. The maximum Gasteiger partial charge on any atom is 0.266 e. The van der Waals surface area contributed by atoms with Crippen LogP contribution in [0.3, 0.4) is 0 Å². The Morgan fingerprint density at radius 3 is 2.59 bits per heavy atom. The fraction of sp³-hybridized carbons (Fsp3) is 0.211. The molecular weight excluding hydrogens is 290 g/mol. The van der Waals surface area contributed by atoms with Crippen molar-refractivity contribution in [2.24, 2.45) is 0 Å². The summed E-state index contributed by atoms with van der Waals surface area (Å²) in [7, 11) is 0. The zero-order valence-electron chi connectivity index (χ0n) is 12.8. The van der Waals surface area contributed by atoms with Gasteiger partial charge in [-0.1, -0.05) is 49.7 Å². The first-order valence-electron chi connectivity index (χ1n) is 7.58. The van der Waals surface area contributed by atoms with Crippen molar-refractivity contribution in [1.82, 2.24) is 0 Å². The molecule has 0 radical (unpaired) electrons. The lowest BCUT2D eigenvalue weighted by Gasteiger charge is -2.08. The third-order valence-corrected chi connectivity index (χ3v) is 5.01. The van der Waals surface area contributed by atoms with Crippen LogP contribution in [-0.4, -0.2) is 5.91 Å². The van der Waals surface area contributed by atoms with Crippen LogP contribution >= 0.6 is 11.3 Å². The fourth-order valence-electron chi connectivity index (χ4n) is 2.67. The quantitative estimate of drug-likeness (QED) is 0.685. The Labute approximate surface area is 134 Å². The minimum Gasteiger partial charge on any atom is -0.321 e. The molecule has 0 saturated carbocycles. The van der Waals surface area contributed by atoms with Crippen molar-refractivity contribution in [3.05, 3.63) is 64.5 Å². The third kappa shape index (κ3) is 2.77. The highest BCUT2D eigenvalue weighted by molar-refractivity contribution is 7.21. The van der Waals surface area contributed by atoms with Gasteiger partial charge in [-0.25, -0.2) is 0 Å². The van der Waals surface area contributed by atoms with Gasteiger partial charge in [-0.05, 0) is 42.0 Å². The second-order valence-corrected chi connectivity index (χ2v) is 6.48. The average Bonchev–Trinajstić information content (AvgIpc) is 2.89. The van der Waals surface area contributed by atoms with Crippen molar-refractivity contribution in [2.75, 3.05) is 5.32 Å². The molecule has 0 saturated heterocycles. The predicted octanol–water partition coefficient (Wildman–Crippen LogP) is 5.41. The van der Waals surface area contributed by atoms with Gasteiger partial charge in [0.25, 0.3) is 5.91 Å². The highest BCUT2D eigenvalue weighted by Crippen LogP contribution is 2.33. The first-order valence-corrected chi connectivity index (χ1v) is 8.39. The van der Waals surface area contributed by atoms with E-state index in [9.17, 15) is 4.79 Å². The minimum absolute atomic E-state index is 0.000972. The molecule has 2 aromatic carbocycles. The molecule has 0 unspecified atom stereocenters. The number of para-hydroxylation sites is 1. The van der Waals surface area contributed by atoms with Gasteiger partial charge in [-0.2, -0.15) is 0 Å². The maximum absolute atomic E-state index is 12.7. The van der Waals surface area contributed by atoms with Crippen LogP contribution in [0.25, 0.3) is 10.1 Å². The van der Waals surface area contributed by atoms with Gasteiger partial charge in [0, 0.05) is 10.4 Å². The largest absolute Gasteiger partial charge is 0.321 e. The van der Waals surface area contributed by atoms with Gasteiger partial charge < -0.3 is 5.32 Å². The summed E-state index contributed by atoms with van der Waals surface area (Å²) >= 11 is 1.59. The molecule has 0 fully saturated rings. The lowest BCUT2D eigenvalue weighted by molar-refractivity contribution is 0.102. The Morgan fingerprint density at radius 1 is 1.09 bits per heavy atom. The monoisotopic (exact) mass is 309 g/mol. The van der Waals surface area contributed by atoms with Crippen LogP contribution in [0, 0.1) is 6.92 Å². The van der Waals surface area contributed by atoms with Crippen LogP contribution in [0.1, 0.15) is 34.1 Å². The van der Waals surface area contributed by atoms with E-state index < -0.39 is 0 Å². The molecule has 0 aliphatic heterocycles. The summed E-state index contributed by atoms with van der Waals surface area (Å²) in [4.78, 5) is 13.6. The van der Waals surface area contributed by atoms with Gasteiger partial charge in [0.15, 0.2) is 0 Å². The summed E-state index contributed by atoms with van der Waals surface area (Å²) in [6.45, 7) is 4.16. The third-order valence-electron chi connectivity index (χ3n) is 3.80. The number of thiophene rings is 1. The van der Waals surface area contributed by atoms with Crippen molar-refractivity contribution >= 4 is 33.0 Å². The number of fused-ring (bicyclic) bond motifs is 1. The van der Waals surface area contributed by atoms with Crippen molar-refractivity contribution < 1.29 is 4.79 Å². The van der Waals surface area contributed by atoms with Gasteiger partial charge >= 0.3 is 0 Å². The summed E-state index contributed by atoms with van der Waals surface area (Å²) in [6, 6.07) is 16.1. The van der Waals surface area contributed by atoms with E-state index in [4.69, 9.17) is 0 Å². The molecule has 3 aromatic rings. The molecule has 0 bridgehead atoms. The van der Waals surface area contributed by atoms with Crippen molar-refractivity contribution in [1.29, 1.82) is 0 Å². The molecule has 112 valence electrons. The Bertz CT molecular complexity index is 819. The Kier molecular flexibility index (Phi) is 4.25. The summed E-state index contributed by atoms with van der Waals surface area (Å²) in [6.07, 6.45) is 1.96. The molecule has 1 amide bonds. The van der Waals surface area contributed by atoms with E-state index in [2.05, 4.69) is 24.4 Å². The number of carbonyl (C=O) groups excluding carboxylic acids is 1. The van der Waals surface area contributed by atoms with E-state index in [0.717, 1.165) is 29.0 Å². The number of nitrogens with one attached hydrogen (secondary N) is 1. The Balaban J connectivity index is 2.00. The van der Waals surface area contributed by atoms with Crippen LogP contribution in [0.15, 0.2) is 48.5 Å². The zero-order valence-corrected chi connectivity index (χ0v) is 13.7. The lowest BCUT2D eigenvalue weighted by Crippen LogP contribution is -2.13.